The quantitative estimate of drug-likeness (QED) is 0.390. The fourth-order valence-corrected chi connectivity index (χ4v) is 4.34. The van der Waals surface area contributed by atoms with Crippen LogP contribution in [0.4, 0.5) is 10.1 Å². The van der Waals surface area contributed by atoms with Gasteiger partial charge in [0.05, 0.1) is 18.7 Å². The molecule has 1 saturated heterocycles. The number of halogens is 1. The Hall–Kier alpha value is -3.94. The van der Waals surface area contributed by atoms with Crippen molar-refractivity contribution >= 4 is 23.3 Å². The molecule has 1 aliphatic heterocycles. The SMILES string of the molecule is COc1ccccc1N1CC(C(=O)OCC(=O)c2cc(C)n(-c3cccc(F)c3)c2C)CC1=O. The number of rotatable bonds is 7. The van der Waals surface area contributed by atoms with Crippen molar-refractivity contribution in [1.29, 1.82) is 0 Å². The minimum absolute atomic E-state index is 0.000837. The molecule has 3 aromatic rings. The number of esters is 1. The monoisotopic (exact) mass is 464 g/mol. The summed E-state index contributed by atoms with van der Waals surface area (Å²) in [6, 6.07) is 14.9. The van der Waals surface area contributed by atoms with Crippen LogP contribution in [0.5, 0.6) is 5.75 Å². The Morgan fingerprint density at radius 3 is 2.59 bits per heavy atom. The molecule has 176 valence electrons. The maximum absolute atomic E-state index is 13.7. The van der Waals surface area contributed by atoms with Crippen LogP contribution in [0.15, 0.2) is 54.6 Å². The highest BCUT2D eigenvalue weighted by molar-refractivity contribution is 6.02. The molecule has 2 heterocycles. The van der Waals surface area contributed by atoms with Gasteiger partial charge in [-0.2, -0.15) is 0 Å². The van der Waals surface area contributed by atoms with Crippen LogP contribution in [-0.4, -0.2) is 42.5 Å². The Morgan fingerprint density at radius 1 is 1.09 bits per heavy atom. The van der Waals surface area contributed by atoms with E-state index in [0.29, 0.717) is 28.4 Å². The van der Waals surface area contributed by atoms with E-state index in [-0.39, 0.29) is 30.5 Å². The topological polar surface area (TPSA) is 77.8 Å². The van der Waals surface area contributed by atoms with Crippen molar-refractivity contribution in [3.63, 3.8) is 0 Å². The Bertz CT molecular complexity index is 1270. The summed E-state index contributed by atoms with van der Waals surface area (Å²) in [5, 5.41) is 0. The number of hydrogen-bond acceptors (Lipinski definition) is 5. The lowest BCUT2D eigenvalue weighted by molar-refractivity contribution is -0.147. The second kappa shape index (κ2) is 9.51. The van der Waals surface area contributed by atoms with E-state index in [1.165, 1.54) is 24.1 Å². The zero-order valence-electron chi connectivity index (χ0n) is 19.2. The van der Waals surface area contributed by atoms with Gasteiger partial charge < -0.3 is 18.9 Å². The highest BCUT2D eigenvalue weighted by atomic mass is 19.1. The number of nitrogens with zero attached hydrogens (tertiary/aromatic N) is 2. The fraction of sp³-hybridized carbons (Fsp3) is 0.269. The number of Topliss-reactive ketones (excluding diaryl/α,β-unsaturated/α-hetero) is 1. The zero-order chi connectivity index (χ0) is 24.4. The van der Waals surface area contributed by atoms with Gasteiger partial charge in [-0.05, 0) is 50.2 Å². The third-order valence-electron chi connectivity index (χ3n) is 5.98. The first-order valence-electron chi connectivity index (χ1n) is 10.9. The number of methoxy groups -OCH3 is 1. The van der Waals surface area contributed by atoms with Gasteiger partial charge in [-0.3, -0.25) is 14.4 Å². The van der Waals surface area contributed by atoms with Crippen LogP contribution in [-0.2, 0) is 14.3 Å². The van der Waals surface area contributed by atoms with Crippen molar-refractivity contribution < 1.29 is 28.2 Å². The molecule has 1 aromatic heterocycles. The summed E-state index contributed by atoms with van der Waals surface area (Å²) in [6.45, 7) is 3.29. The Kier molecular flexibility index (Phi) is 6.49. The van der Waals surface area contributed by atoms with Crippen LogP contribution in [0.3, 0.4) is 0 Å². The van der Waals surface area contributed by atoms with Crippen LogP contribution < -0.4 is 9.64 Å². The number of anilines is 1. The number of carbonyl (C=O) groups excluding carboxylic acids is 3. The van der Waals surface area contributed by atoms with Crippen molar-refractivity contribution in [3.8, 4) is 11.4 Å². The van der Waals surface area contributed by atoms with Crippen LogP contribution >= 0.6 is 0 Å². The van der Waals surface area contributed by atoms with E-state index in [4.69, 9.17) is 9.47 Å². The van der Waals surface area contributed by atoms with E-state index in [1.807, 2.05) is 6.92 Å². The summed E-state index contributed by atoms with van der Waals surface area (Å²) in [4.78, 5) is 39.5. The highest BCUT2D eigenvalue weighted by Crippen LogP contribution is 2.33. The van der Waals surface area contributed by atoms with E-state index >= 15 is 0 Å². The number of ether oxygens (including phenoxy) is 2. The summed E-state index contributed by atoms with van der Waals surface area (Å²) in [7, 11) is 1.52. The summed E-state index contributed by atoms with van der Waals surface area (Å²) in [5.41, 5.74) is 2.97. The Labute approximate surface area is 196 Å². The van der Waals surface area contributed by atoms with Gasteiger partial charge in [0.25, 0.3) is 0 Å². The first kappa shape index (κ1) is 23.2. The molecule has 0 saturated carbocycles. The molecule has 2 aromatic carbocycles. The molecule has 1 amide bonds. The molecule has 8 heteroatoms. The second-order valence-electron chi connectivity index (χ2n) is 8.21. The maximum Gasteiger partial charge on any atom is 0.311 e. The van der Waals surface area contributed by atoms with Gasteiger partial charge in [0.15, 0.2) is 6.61 Å². The third-order valence-corrected chi connectivity index (χ3v) is 5.98. The number of benzene rings is 2. The van der Waals surface area contributed by atoms with Crippen molar-refractivity contribution in [2.45, 2.75) is 20.3 Å². The van der Waals surface area contributed by atoms with E-state index in [2.05, 4.69) is 0 Å². The molecular formula is C26H25FN2O5. The normalized spacial score (nSPS) is 15.5. The van der Waals surface area contributed by atoms with Crippen molar-refractivity contribution in [2.24, 2.45) is 5.92 Å². The van der Waals surface area contributed by atoms with Crippen LogP contribution in [0, 0.1) is 25.6 Å². The summed E-state index contributed by atoms with van der Waals surface area (Å²) in [5.74, 6) is -1.69. The molecule has 34 heavy (non-hydrogen) atoms. The molecule has 0 N–H and O–H groups in total. The molecule has 1 atom stereocenters. The lowest BCUT2D eigenvalue weighted by Crippen LogP contribution is -2.27. The number of carbonyl (C=O) groups is 3. The maximum atomic E-state index is 13.7. The predicted octanol–water partition coefficient (Wildman–Crippen LogP) is 4.02. The number of para-hydroxylation sites is 2. The molecule has 1 aliphatic rings. The molecule has 0 aliphatic carbocycles. The molecule has 1 unspecified atom stereocenters. The smallest absolute Gasteiger partial charge is 0.311 e. The second-order valence-corrected chi connectivity index (χ2v) is 8.21. The molecule has 0 spiro atoms. The lowest BCUT2D eigenvalue weighted by atomic mass is 10.1. The predicted molar refractivity (Wildman–Crippen MR) is 124 cm³/mol. The van der Waals surface area contributed by atoms with Crippen LogP contribution in [0.2, 0.25) is 0 Å². The van der Waals surface area contributed by atoms with Gasteiger partial charge in [0.1, 0.15) is 11.6 Å². The van der Waals surface area contributed by atoms with E-state index in [1.54, 1.807) is 54.0 Å². The lowest BCUT2D eigenvalue weighted by Gasteiger charge is -2.19. The van der Waals surface area contributed by atoms with Crippen molar-refractivity contribution in [2.75, 3.05) is 25.2 Å². The number of aryl methyl sites for hydroxylation is 1. The number of amides is 1. The molecule has 4 rings (SSSR count). The van der Waals surface area contributed by atoms with Crippen molar-refractivity contribution in [3.05, 3.63) is 77.4 Å². The van der Waals surface area contributed by atoms with Gasteiger partial charge in [0, 0.05) is 35.6 Å². The number of aromatic nitrogens is 1. The molecule has 1 fully saturated rings. The Balaban J connectivity index is 1.42. The minimum atomic E-state index is -0.676. The summed E-state index contributed by atoms with van der Waals surface area (Å²) >= 11 is 0. The molecular weight excluding hydrogens is 439 g/mol. The summed E-state index contributed by atoms with van der Waals surface area (Å²) in [6.07, 6.45) is -0.000837. The largest absolute Gasteiger partial charge is 0.495 e. The number of hydrogen-bond donors (Lipinski definition) is 0. The van der Waals surface area contributed by atoms with Gasteiger partial charge >= 0.3 is 5.97 Å². The number of ketones is 1. The van der Waals surface area contributed by atoms with Crippen molar-refractivity contribution in [1.82, 2.24) is 4.57 Å². The molecule has 7 nitrogen and oxygen atoms in total. The van der Waals surface area contributed by atoms with Gasteiger partial charge in [-0.25, -0.2) is 4.39 Å². The van der Waals surface area contributed by atoms with Crippen LogP contribution in [0.25, 0.3) is 5.69 Å². The third kappa shape index (κ3) is 4.44. The van der Waals surface area contributed by atoms with Gasteiger partial charge in [-0.1, -0.05) is 18.2 Å². The van der Waals surface area contributed by atoms with E-state index in [9.17, 15) is 18.8 Å². The molecule has 0 radical (unpaired) electrons. The highest BCUT2D eigenvalue weighted by Gasteiger charge is 2.37. The zero-order valence-corrected chi connectivity index (χ0v) is 19.2. The van der Waals surface area contributed by atoms with Crippen LogP contribution in [0.1, 0.15) is 28.2 Å². The van der Waals surface area contributed by atoms with Gasteiger partial charge in [0.2, 0.25) is 11.7 Å². The fourth-order valence-electron chi connectivity index (χ4n) is 4.34. The summed E-state index contributed by atoms with van der Waals surface area (Å²) < 4.78 is 26.1. The van der Waals surface area contributed by atoms with E-state index < -0.39 is 18.5 Å². The Morgan fingerprint density at radius 2 is 1.85 bits per heavy atom. The standard InChI is InChI=1S/C26H25FN2O5/c1-16-11-21(17(2)29(16)20-8-6-7-19(27)13-20)23(30)15-34-26(32)18-12-25(31)28(14-18)22-9-4-5-10-24(22)33-3/h4-11,13,18H,12,14-15H2,1-3H3. The molecule has 0 bridgehead atoms. The first-order valence-corrected chi connectivity index (χ1v) is 10.9. The minimum Gasteiger partial charge on any atom is -0.495 e. The average Bonchev–Trinajstić information content (AvgIpc) is 3.36. The van der Waals surface area contributed by atoms with Gasteiger partial charge in [-0.15, -0.1) is 0 Å². The van der Waals surface area contributed by atoms with E-state index in [0.717, 1.165) is 5.69 Å². The first-order chi connectivity index (χ1) is 16.3. The average molecular weight is 464 g/mol.